The highest BCUT2D eigenvalue weighted by atomic mass is 32.2. The van der Waals surface area contributed by atoms with Gasteiger partial charge in [-0.2, -0.15) is 4.31 Å². The molecule has 1 saturated heterocycles. The van der Waals surface area contributed by atoms with Gasteiger partial charge in [0.2, 0.25) is 0 Å². The van der Waals surface area contributed by atoms with Gasteiger partial charge in [-0.3, -0.25) is 0 Å². The summed E-state index contributed by atoms with van der Waals surface area (Å²) in [7, 11) is -3.73. The van der Waals surface area contributed by atoms with E-state index in [9.17, 15) is 13.5 Å². The molecule has 1 aromatic rings. The molecule has 18 heavy (non-hydrogen) atoms. The molecular formula is C11H17N3O3S. The first-order valence-corrected chi connectivity index (χ1v) is 7.20. The number of nitrogen functional groups attached to an aromatic ring is 1. The van der Waals surface area contributed by atoms with E-state index in [1.807, 2.05) is 0 Å². The lowest BCUT2D eigenvalue weighted by atomic mass is 9.97. The van der Waals surface area contributed by atoms with Crippen molar-refractivity contribution in [3.05, 3.63) is 18.3 Å². The Morgan fingerprint density at radius 3 is 2.89 bits per heavy atom. The van der Waals surface area contributed by atoms with Gasteiger partial charge in [0.05, 0.1) is 11.3 Å². The monoisotopic (exact) mass is 271 g/mol. The van der Waals surface area contributed by atoms with E-state index in [4.69, 9.17) is 5.73 Å². The first kappa shape index (κ1) is 13.3. The van der Waals surface area contributed by atoms with Crippen molar-refractivity contribution >= 4 is 15.7 Å². The molecule has 3 N–H and O–H groups in total. The first-order chi connectivity index (χ1) is 8.33. The van der Waals surface area contributed by atoms with Gasteiger partial charge in [-0.05, 0) is 31.9 Å². The third-order valence-corrected chi connectivity index (χ3v) is 4.85. The largest absolute Gasteiger partial charge is 0.396 e. The topological polar surface area (TPSA) is 96.5 Å². The summed E-state index contributed by atoms with van der Waals surface area (Å²) in [5.41, 5.74) is 4.79. The molecule has 2 heterocycles. The fourth-order valence-electron chi connectivity index (χ4n) is 2.12. The number of hydrogen-bond donors (Lipinski definition) is 2. The molecule has 2 rings (SSSR count). The van der Waals surface area contributed by atoms with Crippen molar-refractivity contribution in [2.24, 2.45) is 0 Å². The predicted molar refractivity (Wildman–Crippen MR) is 67.3 cm³/mol. The Hall–Kier alpha value is -1.18. The lowest BCUT2D eigenvalue weighted by Crippen LogP contribution is -2.48. The molecule has 6 nitrogen and oxygen atoms in total. The van der Waals surface area contributed by atoms with E-state index in [0.29, 0.717) is 19.4 Å². The number of aromatic nitrogens is 1. The Morgan fingerprint density at radius 2 is 2.28 bits per heavy atom. The molecule has 0 aromatic carbocycles. The summed E-state index contributed by atoms with van der Waals surface area (Å²) in [6.07, 6.45) is 2.61. The molecule has 1 aliphatic heterocycles. The number of sulfonamides is 1. The Bertz CT molecular complexity index is 542. The molecule has 0 spiro atoms. The molecule has 1 unspecified atom stereocenters. The minimum absolute atomic E-state index is 0.0747. The van der Waals surface area contributed by atoms with Crippen LogP contribution in [0.15, 0.2) is 23.4 Å². The SMILES string of the molecule is CC1(O)CCCN(S(=O)(=O)c2ncccc2N)C1. The average Bonchev–Trinajstić information content (AvgIpc) is 2.28. The van der Waals surface area contributed by atoms with Crippen molar-refractivity contribution in [1.29, 1.82) is 0 Å². The van der Waals surface area contributed by atoms with Gasteiger partial charge in [0.15, 0.2) is 5.03 Å². The molecule has 0 bridgehead atoms. The van der Waals surface area contributed by atoms with E-state index >= 15 is 0 Å². The summed E-state index contributed by atoms with van der Waals surface area (Å²) >= 11 is 0. The zero-order valence-electron chi connectivity index (χ0n) is 10.2. The summed E-state index contributed by atoms with van der Waals surface area (Å²) in [6.45, 7) is 2.09. The van der Waals surface area contributed by atoms with Crippen molar-refractivity contribution in [2.75, 3.05) is 18.8 Å². The average molecular weight is 271 g/mol. The second kappa shape index (κ2) is 4.49. The first-order valence-electron chi connectivity index (χ1n) is 5.76. The number of hydrogen-bond acceptors (Lipinski definition) is 5. The third kappa shape index (κ3) is 2.47. The van der Waals surface area contributed by atoms with Crippen LogP contribution in [-0.4, -0.2) is 41.5 Å². The normalized spacial score (nSPS) is 26.1. The second-order valence-electron chi connectivity index (χ2n) is 4.84. The lowest BCUT2D eigenvalue weighted by Gasteiger charge is -2.35. The summed E-state index contributed by atoms with van der Waals surface area (Å²) in [5.74, 6) is 0. The second-order valence-corrected chi connectivity index (χ2v) is 6.69. The van der Waals surface area contributed by atoms with Gasteiger partial charge in [0, 0.05) is 19.3 Å². The van der Waals surface area contributed by atoms with Crippen molar-refractivity contribution in [3.63, 3.8) is 0 Å². The number of anilines is 1. The smallest absolute Gasteiger partial charge is 0.262 e. The van der Waals surface area contributed by atoms with Crippen LogP contribution in [-0.2, 0) is 10.0 Å². The molecular weight excluding hydrogens is 254 g/mol. The molecule has 1 atom stereocenters. The van der Waals surface area contributed by atoms with E-state index in [0.717, 1.165) is 0 Å². The van der Waals surface area contributed by atoms with Gasteiger partial charge in [0.25, 0.3) is 10.0 Å². The van der Waals surface area contributed by atoms with Crippen molar-refractivity contribution in [2.45, 2.75) is 30.4 Å². The standard InChI is InChI=1S/C11H17N3O3S/c1-11(15)5-3-7-14(8-11)18(16,17)10-9(12)4-2-6-13-10/h2,4,6,15H,3,5,7-8,12H2,1H3. The van der Waals surface area contributed by atoms with Crippen LogP contribution in [0.25, 0.3) is 0 Å². The number of rotatable bonds is 2. The zero-order valence-corrected chi connectivity index (χ0v) is 11.0. The van der Waals surface area contributed by atoms with Gasteiger partial charge in [-0.1, -0.05) is 0 Å². The van der Waals surface area contributed by atoms with E-state index in [1.54, 1.807) is 13.0 Å². The maximum atomic E-state index is 12.4. The van der Waals surface area contributed by atoms with Crippen LogP contribution in [0.3, 0.4) is 0 Å². The highest BCUT2D eigenvalue weighted by molar-refractivity contribution is 7.89. The summed E-state index contributed by atoms with van der Waals surface area (Å²) < 4.78 is 26.0. The van der Waals surface area contributed by atoms with E-state index < -0.39 is 15.6 Å². The van der Waals surface area contributed by atoms with Crippen molar-refractivity contribution in [1.82, 2.24) is 9.29 Å². The minimum atomic E-state index is -3.73. The quantitative estimate of drug-likeness (QED) is 0.801. The van der Waals surface area contributed by atoms with E-state index in [1.165, 1.54) is 16.6 Å². The van der Waals surface area contributed by atoms with Gasteiger partial charge in [0.1, 0.15) is 0 Å². The molecule has 1 aromatic heterocycles. The third-order valence-electron chi connectivity index (χ3n) is 3.02. The van der Waals surface area contributed by atoms with E-state index in [2.05, 4.69) is 4.98 Å². The molecule has 1 fully saturated rings. The maximum Gasteiger partial charge on any atom is 0.262 e. The predicted octanol–water partition coefficient (Wildman–Crippen LogP) is 0.199. The fourth-order valence-corrected chi connectivity index (χ4v) is 3.74. The molecule has 100 valence electrons. The Morgan fingerprint density at radius 1 is 1.56 bits per heavy atom. The lowest BCUT2D eigenvalue weighted by molar-refractivity contribution is 0.00935. The Kier molecular flexibility index (Phi) is 3.31. The fraction of sp³-hybridized carbons (Fsp3) is 0.545. The van der Waals surface area contributed by atoms with Crippen molar-refractivity contribution < 1.29 is 13.5 Å². The number of nitrogens with two attached hydrogens (primary N) is 1. The van der Waals surface area contributed by atoms with Crippen LogP contribution in [0.1, 0.15) is 19.8 Å². The minimum Gasteiger partial charge on any atom is -0.396 e. The van der Waals surface area contributed by atoms with Crippen molar-refractivity contribution in [3.8, 4) is 0 Å². The van der Waals surface area contributed by atoms with Crippen LogP contribution < -0.4 is 5.73 Å². The van der Waals surface area contributed by atoms with Gasteiger partial charge in [-0.15, -0.1) is 0 Å². The molecule has 0 aliphatic carbocycles. The van der Waals surface area contributed by atoms with Gasteiger partial charge >= 0.3 is 0 Å². The number of aliphatic hydroxyl groups is 1. The Labute approximate surface area is 106 Å². The molecule has 0 saturated carbocycles. The van der Waals surface area contributed by atoms with Crippen LogP contribution in [0.4, 0.5) is 5.69 Å². The summed E-state index contributed by atoms with van der Waals surface area (Å²) in [6, 6.07) is 3.09. The number of β-amino-alcohol motifs (C(OH)–C–C–N with tert-alkyl or cyclic N) is 1. The summed E-state index contributed by atoms with van der Waals surface area (Å²) in [5, 5.41) is 9.83. The Balaban J connectivity index is 2.35. The maximum absolute atomic E-state index is 12.4. The van der Waals surface area contributed by atoms with Crippen LogP contribution in [0.2, 0.25) is 0 Å². The zero-order chi connectivity index (χ0) is 13.4. The van der Waals surface area contributed by atoms with E-state index in [-0.39, 0.29) is 17.3 Å². The molecule has 0 amide bonds. The molecule has 1 aliphatic rings. The van der Waals surface area contributed by atoms with Gasteiger partial charge < -0.3 is 10.8 Å². The number of piperidine rings is 1. The number of nitrogens with zero attached hydrogens (tertiary/aromatic N) is 2. The van der Waals surface area contributed by atoms with Crippen LogP contribution >= 0.6 is 0 Å². The van der Waals surface area contributed by atoms with Crippen LogP contribution in [0.5, 0.6) is 0 Å². The highest BCUT2D eigenvalue weighted by Gasteiger charge is 2.36. The van der Waals surface area contributed by atoms with Gasteiger partial charge in [-0.25, -0.2) is 13.4 Å². The highest BCUT2D eigenvalue weighted by Crippen LogP contribution is 2.27. The number of pyridine rings is 1. The van der Waals surface area contributed by atoms with Crippen LogP contribution in [0, 0.1) is 0 Å². The summed E-state index contributed by atoms with van der Waals surface area (Å²) in [4.78, 5) is 3.84. The molecule has 0 radical (unpaired) electrons. The molecule has 7 heteroatoms.